The van der Waals surface area contributed by atoms with Crippen LogP contribution in [0.1, 0.15) is 25.8 Å². The maximum atomic E-state index is 11.9. The predicted molar refractivity (Wildman–Crippen MR) is 87.7 cm³/mol. The molecule has 0 saturated carbocycles. The molecule has 0 saturated heterocycles. The fourth-order valence-electron chi connectivity index (χ4n) is 2.04. The van der Waals surface area contributed by atoms with Gasteiger partial charge in [0, 0.05) is 30.8 Å². The molecule has 0 radical (unpaired) electrons. The average Bonchev–Trinajstić information content (AvgIpc) is 2.98. The van der Waals surface area contributed by atoms with Crippen molar-refractivity contribution in [1.29, 1.82) is 0 Å². The molecule has 22 heavy (non-hydrogen) atoms. The Morgan fingerprint density at radius 1 is 1.18 bits per heavy atom. The van der Waals surface area contributed by atoms with Crippen LogP contribution in [0.2, 0.25) is 0 Å². The molecule has 1 aromatic heterocycles. The van der Waals surface area contributed by atoms with Gasteiger partial charge >= 0.3 is 0 Å². The van der Waals surface area contributed by atoms with Crippen molar-refractivity contribution >= 4 is 17.7 Å². The third-order valence-electron chi connectivity index (χ3n) is 3.36. The van der Waals surface area contributed by atoms with Gasteiger partial charge in [-0.3, -0.25) is 4.79 Å². The van der Waals surface area contributed by atoms with Gasteiger partial charge in [-0.25, -0.2) is 0 Å². The van der Waals surface area contributed by atoms with E-state index < -0.39 is 0 Å². The fourth-order valence-corrected chi connectivity index (χ4v) is 2.73. The summed E-state index contributed by atoms with van der Waals surface area (Å²) >= 11 is 1.42. The molecule has 1 heterocycles. The molecule has 2 rings (SSSR count). The van der Waals surface area contributed by atoms with E-state index >= 15 is 0 Å². The first-order valence-electron chi connectivity index (χ1n) is 7.45. The quantitative estimate of drug-likeness (QED) is 0.732. The van der Waals surface area contributed by atoms with Crippen LogP contribution in [0.25, 0.3) is 11.5 Å². The number of thioether (sulfide) groups is 1. The second-order valence-electron chi connectivity index (χ2n) is 4.90. The molecule has 5 nitrogen and oxygen atoms in total. The molecule has 0 spiro atoms. The highest BCUT2D eigenvalue weighted by Crippen LogP contribution is 2.23. The number of hydrogen-bond acceptors (Lipinski definition) is 5. The second kappa shape index (κ2) is 7.98. The molecule has 0 aliphatic rings. The first-order valence-corrected chi connectivity index (χ1v) is 8.43. The number of carbonyl (C=O) groups excluding carboxylic acids is 1. The van der Waals surface area contributed by atoms with Crippen LogP contribution in [0.3, 0.4) is 0 Å². The summed E-state index contributed by atoms with van der Waals surface area (Å²) in [6.07, 6.45) is 0.481. The average molecular weight is 319 g/mol. The lowest BCUT2D eigenvalue weighted by molar-refractivity contribution is -0.130. The Morgan fingerprint density at radius 2 is 1.86 bits per heavy atom. The number of carbonyl (C=O) groups is 1. The van der Waals surface area contributed by atoms with Crippen LogP contribution in [0.4, 0.5) is 0 Å². The minimum Gasteiger partial charge on any atom is -0.411 e. The zero-order chi connectivity index (χ0) is 15.9. The van der Waals surface area contributed by atoms with Gasteiger partial charge in [-0.15, -0.1) is 10.2 Å². The number of benzene rings is 1. The number of aryl methyl sites for hydroxylation is 1. The molecule has 6 heteroatoms. The molecule has 0 atom stereocenters. The number of hydrogen-bond donors (Lipinski definition) is 0. The van der Waals surface area contributed by atoms with Crippen molar-refractivity contribution in [2.24, 2.45) is 0 Å². The molecule has 0 N–H and O–H groups in total. The van der Waals surface area contributed by atoms with Crippen molar-refractivity contribution in [1.82, 2.24) is 15.1 Å². The number of aromatic nitrogens is 2. The Bertz CT molecular complexity index is 606. The molecule has 0 bridgehead atoms. The summed E-state index contributed by atoms with van der Waals surface area (Å²) in [7, 11) is 0. The highest BCUT2D eigenvalue weighted by Gasteiger charge is 2.12. The standard InChI is InChI=1S/C16H21N3O2S/c1-4-19(5-2)14(20)10-11-22-16-18-17-15(21-16)13-8-6-12(3)7-9-13/h6-9H,4-5,10-11H2,1-3H3. The smallest absolute Gasteiger partial charge is 0.276 e. The van der Waals surface area contributed by atoms with E-state index in [0.29, 0.717) is 23.3 Å². The second-order valence-corrected chi connectivity index (χ2v) is 5.95. The highest BCUT2D eigenvalue weighted by atomic mass is 32.2. The van der Waals surface area contributed by atoms with Crippen LogP contribution in [0, 0.1) is 6.92 Å². The monoisotopic (exact) mass is 319 g/mol. The molecule has 1 aromatic carbocycles. The highest BCUT2D eigenvalue weighted by molar-refractivity contribution is 7.99. The van der Waals surface area contributed by atoms with Crippen LogP contribution >= 0.6 is 11.8 Å². The summed E-state index contributed by atoms with van der Waals surface area (Å²) in [5.41, 5.74) is 2.09. The topological polar surface area (TPSA) is 59.2 Å². The zero-order valence-corrected chi connectivity index (χ0v) is 14.0. The van der Waals surface area contributed by atoms with Gasteiger partial charge in [-0.05, 0) is 32.9 Å². The van der Waals surface area contributed by atoms with Crippen molar-refractivity contribution in [2.75, 3.05) is 18.8 Å². The predicted octanol–water partition coefficient (Wildman–Crippen LogP) is 3.40. The van der Waals surface area contributed by atoms with Gasteiger partial charge in [0.05, 0.1) is 0 Å². The van der Waals surface area contributed by atoms with Gasteiger partial charge in [-0.1, -0.05) is 29.5 Å². The summed E-state index contributed by atoms with van der Waals surface area (Å²) in [4.78, 5) is 13.7. The Balaban J connectivity index is 1.87. The SMILES string of the molecule is CCN(CC)C(=O)CCSc1nnc(-c2ccc(C)cc2)o1. The van der Waals surface area contributed by atoms with Gasteiger partial charge in [0.15, 0.2) is 0 Å². The molecule has 0 aliphatic carbocycles. The van der Waals surface area contributed by atoms with E-state index in [9.17, 15) is 4.79 Å². The lowest BCUT2D eigenvalue weighted by atomic mass is 10.1. The fraction of sp³-hybridized carbons (Fsp3) is 0.438. The van der Waals surface area contributed by atoms with Crippen molar-refractivity contribution < 1.29 is 9.21 Å². The first-order chi connectivity index (χ1) is 10.6. The third kappa shape index (κ3) is 4.34. The van der Waals surface area contributed by atoms with Crippen LogP contribution in [0.15, 0.2) is 33.9 Å². The van der Waals surface area contributed by atoms with Gasteiger partial charge in [0.2, 0.25) is 11.8 Å². The van der Waals surface area contributed by atoms with Crippen molar-refractivity contribution in [3.63, 3.8) is 0 Å². The minimum absolute atomic E-state index is 0.163. The van der Waals surface area contributed by atoms with E-state index in [1.54, 1.807) is 0 Å². The largest absolute Gasteiger partial charge is 0.411 e. The molecular formula is C16H21N3O2S. The van der Waals surface area contributed by atoms with Gasteiger partial charge < -0.3 is 9.32 Å². The number of nitrogens with zero attached hydrogens (tertiary/aromatic N) is 3. The lowest BCUT2D eigenvalue weighted by Gasteiger charge is -2.17. The first kappa shape index (κ1) is 16.5. The summed E-state index contributed by atoms with van der Waals surface area (Å²) in [6, 6.07) is 7.94. The summed E-state index contributed by atoms with van der Waals surface area (Å²) in [6.45, 7) is 7.50. The summed E-state index contributed by atoms with van der Waals surface area (Å²) < 4.78 is 5.62. The van der Waals surface area contributed by atoms with E-state index in [1.807, 2.05) is 49.9 Å². The van der Waals surface area contributed by atoms with E-state index in [0.717, 1.165) is 18.7 Å². The van der Waals surface area contributed by atoms with Crippen LogP contribution < -0.4 is 0 Å². The molecule has 2 aromatic rings. The molecular weight excluding hydrogens is 298 g/mol. The van der Waals surface area contributed by atoms with Gasteiger partial charge in [-0.2, -0.15) is 0 Å². The van der Waals surface area contributed by atoms with E-state index in [1.165, 1.54) is 17.3 Å². The molecule has 0 unspecified atom stereocenters. The van der Waals surface area contributed by atoms with Gasteiger partial charge in [0.25, 0.3) is 5.22 Å². The maximum Gasteiger partial charge on any atom is 0.276 e. The summed E-state index contributed by atoms with van der Waals surface area (Å²) in [5.74, 6) is 1.32. The molecule has 118 valence electrons. The molecule has 1 amide bonds. The molecule has 0 aliphatic heterocycles. The third-order valence-corrected chi connectivity index (χ3v) is 4.18. The summed E-state index contributed by atoms with van der Waals surface area (Å²) in [5, 5.41) is 8.57. The minimum atomic E-state index is 0.163. The number of rotatable bonds is 7. The van der Waals surface area contributed by atoms with Gasteiger partial charge in [0.1, 0.15) is 0 Å². The van der Waals surface area contributed by atoms with Crippen molar-refractivity contribution in [3.8, 4) is 11.5 Å². The zero-order valence-electron chi connectivity index (χ0n) is 13.2. The van der Waals surface area contributed by atoms with E-state index in [2.05, 4.69) is 10.2 Å². The van der Waals surface area contributed by atoms with Crippen molar-refractivity contribution in [2.45, 2.75) is 32.4 Å². The number of amides is 1. The Labute approximate surface area is 135 Å². The molecule has 0 fully saturated rings. The van der Waals surface area contributed by atoms with Crippen LogP contribution in [0.5, 0.6) is 0 Å². The van der Waals surface area contributed by atoms with Crippen LogP contribution in [-0.2, 0) is 4.79 Å². The van der Waals surface area contributed by atoms with E-state index in [-0.39, 0.29) is 5.91 Å². The van der Waals surface area contributed by atoms with Crippen molar-refractivity contribution in [3.05, 3.63) is 29.8 Å². The van der Waals surface area contributed by atoms with E-state index in [4.69, 9.17) is 4.42 Å². The normalized spacial score (nSPS) is 10.7. The Morgan fingerprint density at radius 3 is 2.50 bits per heavy atom. The lowest BCUT2D eigenvalue weighted by Crippen LogP contribution is -2.30. The van der Waals surface area contributed by atoms with Crippen LogP contribution in [-0.4, -0.2) is 39.8 Å². The maximum absolute atomic E-state index is 11.9. The Kier molecular flexibility index (Phi) is 6.00. The Hall–Kier alpha value is -1.82.